The van der Waals surface area contributed by atoms with Crippen LogP contribution < -0.4 is 5.32 Å². The minimum Gasteiger partial charge on any atom is -0.350 e. The Morgan fingerprint density at radius 2 is 2.12 bits per heavy atom. The number of H-pyrrole nitrogens is 1. The molecule has 4 rings (SSSR count). The number of fused-ring (bicyclic) bond motifs is 2. The van der Waals surface area contributed by atoms with E-state index < -0.39 is 0 Å². The lowest BCUT2D eigenvalue weighted by atomic mass is 9.96. The van der Waals surface area contributed by atoms with E-state index in [-0.39, 0.29) is 5.91 Å². The second kappa shape index (κ2) is 6.15. The van der Waals surface area contributed by atoms with E-state index in [1.807, 2.05) is 0 Å². The van der Waals surface area contributed by atoms with Crippen LogP contribution in [0.3, 0.4) is 0 Å². The Bertz CT molecular complexity index is 890. The number of amides is 1. The molecule has 0 atom stereocenters. The number of rotatable bonds is 4. The summed E-state index contributed by atoms with van der Waals surface area (Å²) >= 11 is 0. The van der Waals surface area contributed by atoms with Crippen LogP contribution in [-0.4, -0.2) is 27.2 Å². The topological polar surface area (TPSA) is 62.7 Å². The number of hydrogen-bond acceptors (Lipinski definition) is 2. The summed E-state index contributed by atoms with van der Waals surface area (Å²) in [5.74, 6) is -0.0605. The fraction of sp³-hybridized carbons (Fsp3) is 0.368. The van der Waals surface area contributed by atoms with Gasteiger partial charge in [0.05, 0.1) is 0 Å². The molecule has 0 saturated heterocycles. The quantitative estimate of drug-likeness (QED) is 0.776. The van der Waals surface area contributed by atoms with Crippen molar-refractivity contribution in [3.8, 4) is 0 Å². The summed E-state index contributed by atoms with van der Waals surface area (Å²) in [5, 5.41) is 11.5. The van der Waals surface area contributed by atoms with Crippen molar-refractivity contribution in [1.29, 1.82) is 0 Å². The van der Waals surface area contributed by atoms with Gasteiger partial charge in [0, 0.05) is 41.9 Å². The van der Waals surface area contributed by atoms with Gasteiger partial charge in [-0.25, -0.2) is 0 Å². The minimum absolute atomic E-state index is 0.0605. The van der Waals surface area contributed by atoms with Gasteiger partial charge in [0.1, 0.15) is 0 Å². The monoisotopic (exact) mass is 322 g/mol. The molecule has 1 aromatic carbocycles. The lowest BCUT2D eigenvalue weighted by Gasteiger charge is -2.11. The average molecular weight is 322 g/mol. The normalized spacial score (nSPS) is 13.9. The third-order valence-electron chi connectivity index (χ3n) is 4.93. The van der Waals surface area contributed by atoms with Crippen LogP contribution in [0, 0.1) is 0 Å². The lowest BCUT2D eigenvalue weighted by Crippen LogP contribution is -2.27. The van der Waals surface area contributed by atoms with E-state index in [1.165, 1.54) is 22.9 Å². The maximum atomic E-state index is 12.4. The molecule has 1 aliphatic carbocycles. The van der Waals surface area contributed by atoms with Crippen molar-refractivity contribution < 1.29 is 4.79 Å². The van der Waals surface area contributed by atoms with Gasteiger partial charge in [0.2, 0.25) is 0 Å². The van der Waals surface area contributed by atoms with E-state index in [9.17, 15) is 4.79 Å². The number of nitrogens with zero attached hydrogens (tertiary/aromatic N) is 2. The number of carbonyl (C=O) groups excluding carboxylic acids is 1. The second-order valence-electron chi connectivity index (χ2n) is 6.52. The van der Waals surface area contributed by atoms with Crippen molar-refractivity contribution >= 4 is 16.8 Å². The van der Waals surface area contributed by atoms with Gasteiger partial charge >= 0.3 is 0 Å². The smallest absolute Gasteiger partial charge is 0.272 e. The first-order valence-electron chi connectivity index (χ1n) is 8.61. The Labute approximate surface area is 141 Å². The molecule has 5 nitrogen and oxygen atoms in total. The van der Waals surface area contributed by atoms with Crippen LogP contribution in [0.4, 0.5) is 0 Å². The summed E-state index contributed by atoms with van der Waals surface area (Å²) in [7, 11) is 2.06. The number of aromatic amines is 1. The van der Waals surface area contributed by atoms with Crippen molar-refractivity contribution in [3.05, 3.63) is 53.0 Å². The van der Waals surface area contributed by atoms with Crippen molar-refractivity contribution in [2.24, 2.45) is 7.05 Å². The number of benzene rings is 1. The average Bonchev–Trinajstić information content (AvgIpc) is 3.17. The zero-order valence-electron chi connectivity index (χ0n) is 13.9. The molecule has 2 aromatic heterocycles. The summed E-state index contributed by atoms with van der Waals surface area (Å²) in [4.78, 5) is 12.4. The van der Waals surface area contributed by atoms with Crippen molar-refractivity contribution in [2.45, 2.75) is 32.1 Å². The summed E-state index contributed by atoms with van der Waals surface area (Å²) in [6, 6.07) is 8.36. The van der Waals surface area contributed by atoms with Crippen LogP contribution in [0.2, 0.25) is 0 Å². The predicted molar refractivity (Wildman–Crippen MR) is 94.2 cm³/mol. The molecule has 5 heteroatoms. The molecule has 0 spiro atoms. The van der Waals surface area contributed by atoms with Gasteiger partial charge in [0.15, 0.2) is 5.69 Å². The van der Waals surface area contributed by atoms with E-state index in [0.29, 0.717) is 12.2 Å². The van der Waals surface area contributed by atoms with Gasteiger partial charge < -0.3 is 9.88 Å². The van der Waals surface area contributed by atoms with Crippen molar-refractivity contribution in [3.63, 3.8) is 0 Å². The molecule has 0 unspecified atom stereocenters. The van der Waals surface area contributed by atoms with Gasteiger partial charge in [-0.3, -0.25) is 9.89 Å². The Kier molecular flexibility index (Phi) is 3.84. The molecular formula is C19H22N4O. The van der Waals surface area contributed by atoms with Crippen LogP contribution in [0.1, 0.15) is 40.2 Å². The molecule has 24 heavy (non-hydrogen) atoms. The van der Waals surface area contributed by atoms with E-state index in [2.05, 4.69) is 57.6 Å². The molecular weight excluding hydrogens is 300 g/mol. The SMILES string of the molecule is Cn1cc(CCNC(=O)c2n[nH]c3c2CCCC3)c2ccccc21. The first kappa shape index (κ1) is 15.0. The van der Waals surface area contributed by atoms with E-state index in [4.69, 9.17) is 0 Å². The Balaban J connectivity index is 1.43. The standard InChI is InChI=1S/C19H22N4O/c1-23-12-13(14-6-3-5-9-17(14)23)10-11-20-19(24)18-15-7-2-4-8-16(15)21-22-18/h3,5-6,9,12H,2,4,7-8,10-11H2,1H3,(H,20,24)(H,21,22). The molecule has 0 saturated carbocycles. The van der Waals surface area contributed by atoms with Crippen LogP contribution in [0.15, 0.2) is 30.5 Å². The zero-order chi connectivity index (χ0) is 16.5. The summed E-state index contributed by atoms with van der Waals surface area (Å²) in [5.41, 5.74) is 5.32. The fourth-order valence-corrected chi connectivity index (χ4v) is 3.69. The van der Waals surface area contributed by atoms with Gasteiger partial charge in [-0.05, 0) is 43.7 Å². The summed E-state index contributed by atoms with van der Waals surface area (Å²) < 4.78 is 2.14. The number of aromatic nitrogens is 3. The van der Waals surface area contributed by atoms with Crippen LogP contribution >= 0.6 is 0 Å². The highest BCUT2D eigenvalue weighted by Gasteiger charge is 2.21. The molecule has 0 fully saturated rings. The molecule has 1 aliphatic rings. The van der Waals surface area contributed by atoms with Gasteiger partial charge in [-0.15, -0.1) is 0 Å². The molecule has 124 valence electrons. The number of carbonyl (C=O) groups is 1. The fourth-order valence-electron chi connectivity index (χ4n) is 3.69. The summed E-state index contributed by atoms with van der Waals surface area (Å²) in [6.07, 6.45) is 7.25. The van der Waals surface area contributed by atoms with Crippen LogP contribution in [0.5, 0.6) is 0 Å². The van der Waals surface area contributed by atoms with Crippen LogP contribution in [0.25, 0.3) is 10.9 Å². The third-order valence-corrected chi connectivity index (χ3v) is 4.93. The molecule has 0 bridgehead atoms. The number of para-hydroxylation sites is 1. The largest absolute Gasteiger partial charge is 0.350 e. The number of hydrogen-bond donors (Lipinski definition) is 2. The van der Waals surface area contributed by atoms with E-state index in [1.54, 1.807) is 0 Å². The number of aryl methyl sites for hydroxylation is 2. The molecule has 0 aliphatic heterocycles. The minimum atomic E-state index is -0.0605. The van der Waals surface area contributed by atoms with E-state index in [0.717, 1.165) is 36.9 Å². The first-order valence-corrected chi connectivity index (χ1v) is 8.61. The van der Waals surface area contributed by atoms with Crippen molar-refractivity contribution in [2.75, 3.05) is 6.54 Å². The second-order valence-corrected chi connectivity index (χ2v) is 6.52. The molecule has 2 N–H and O–H groups in total. The highest BCUT2D eigenvalue weighted by molar-refractivity contribution is 5.94. The summed E-state index contributed by atoms with van der Waals surface area (Å²) in [6.45, 7) is 0.620. The van der Waals surface area contributed by atoms with Gasteiger partial charge in [-0.2, -0.15) is 5.10 Å². The van der Waals surface area contributed by atoms with E-state index >= 15 is 0 Å². The van der Waals surface area contributed by atoms with Crippen molar-refractivity contribution in [1.82, 2.24) is 20.1 Å². The zero-order valence-corrected chi connectivity index (χ0v) is 13.9. The highest BCUT2D eigenvalue weighted by atomic mass is 16.1. The predicted octanol–water partition coefficient (Wildman–Crippen LogP) is 2.75. The molecule has 3 aromatic rings. The Morgan fingerprint density at radius 3 is 3.04 bits per heavy atom. The first-order chi connectivity index (χ1) is 11.7. The Hall–Kier alpha value is -2.56. The van der Waals surface area contributed by atoms with Crippen LogP contribution in [-0.2, 0) is 26.3 Å². The maximum Gasteiger partial charge on any atom is 0.272 e. The van der Waals surface area contributed by atoms with Gasteiger partial charge in [0.25, 0.3) is 5.91 Å². The molecule has 0 radical (unpaired) electrons. The third kappa shape index (κ3) is 2.60. The molecule has 2 heterocycles. The molecule has 1 amide bonds. The maximum absolute atomic E-state index is 12.4. The highest BCUT2D eigenvalue weighted by Crippen LogP contribution is 2.22. The lowest BCUT2D eigenvalue weighted by molar-refractivity contribution is 0.0948. The van der Waals surface area contributed by atoms with Gasteiger partial charge in [-0.1, -0.05) is 18.2 Å². The number of nitrogens with one attached hydrogen (secondary N) is 2. The Morgan fingerprint density at radius 1 is 1.29 bits per heavy atom.